The third-order valence-corrected chi connectivity index (χ3v) is 1.52. The molecule has 0 fully saturated rings. The Hall–Kier alpha value is -1.04. The molecule has 0 saturated carbocycles. The summed E-state index contributed by atoms with van der Waals surface area (Å²) in [6.07, 6.45) is 4.36. The average Bonchev–Trinajstić information content (AvgIpc) is 2.02. The number of allylic oxidation sites excluding steroid dienone is 1. The van der Waals surface area contributed by atoms with E-state index in [1.807, 2.05) is 12.1 Å². The van der Waals surface area contributed by atoms with Gasteiger partial charge in [0.15, 0.2) is 0 Å². The van der Waals surface area contributed by atoms with Crippen molar-refractivity contribution < 1.29 is 0 Å². The molecule has 0 bridgehead atoms. The van der Waals surface area contributed by atoms with E-state index in [1.54, 1.807) is 0 Å². The highest BCUT2D eigenvalue weighted by molar-refractivity contribution is 5.49. The molecule has 1 radical (unpaired) electrons. The van der Waals surface area contributed by atoms with Gasteiger partial charge in [-0.15, -0.1) is 0 Å². The first kappa shape index (κ1) is 9.05. The molecule has 0 heterocycles. The van der Waals surface area contributed by atoms with Crippen LogP contribution in [0.15, 0.2) is 30.3 Å². The molecule has 0 aromatic heterocycles. The van der Waals surface area contributed by atoms with Crippen LogP contribution < -0.4 is 0 Å². The number of hydrogen-bond acceptors (Lipinski definition) is 0. The van der Waals surface area contributed by atoms with Crippen molar-refractivity contribution in [2.45, 2.75) is 20.8 Å². The molecule has 1 aromatic carbocycles. The fourth-order valence-electron chi connectivity index (χ4n) is 0.857. The Morgan fingerprint density at radius 2 is 1.75 bits per heavy atom. The molecule has 0 nitrogen and oxygen atoms in total. The zero-order valence-corrected chi connectivity index (χ0v) is 7.96. The zero-order chi connectivity index (χ0) is 9.03. The van der Waals surface area contributed by atoms with E-state index in [2.05, 4.69) is 51.1 Å². The van der Waals surface area contributed by atoms with Crippen LogP contribution in [0.3, 0.4) is 0 Å². The van der Waals surface area contributed by atoms with Gasteiger partial charge in [-0.25, -0.2) is 0 Å². The molecule has 12 heavy (non-hydrogen) atoms. The Balaban J connectivity index is 2.71. The van der Waals surface area contributed by atoms with Crippen LogP contribution in [0, 0.1) is 11.5 Å². The van der Waals surface area contributed by atoms with Gasteiger partial charge in [-0.3, -0.25) is 0 Å². The van der Waals surface area contributed by atoms with Crippen molar-refractivity contribution in [3.63, 3.8) is 0 Å². The van der Waals surface area contributed by atoms with Crippen molar-refractivity contribution in [3.05, 3.63) is 42.0 Å². The van der Waals surface area contributed by atoms with Gasteiger partial charge in [0.05, 0.1) is 0 Å². The van der Waals surface area contributed by atoms with Crippen molar-refractivity contribution >= 4 is 6.08 Å². The van der Waals surface area contributed by atoms with Crippen molar-refractivity contribution in [3.8, 4) is 0 Å². The number of hydrogen-bond donors (Lipinski definition) is 0. The maximum absolute atomic E-state index is 3.00. The van der Waals surface area contributed by atoms with Crippen LogP contribution in [0.1, 0.15) is 26.3 Å². The molecule has 0 aliphatic carbocycles. The van der Waals surface area contributed by atoms with Gasteiger partial charge in [-0.05, 0) is 17.0 Å². The molecular weight excluding hydrogens is 144 g/mol. The fraction of sp³-hybridized carbons (Fsp3) is 0.333. The van der Waals surface area contributed by atoms with Crippen LogP contribution >= 0.6 is 0 Å². The summed E-state index contributed by atoms with van der Waals surface area (Å²) >= 11 is 0. The second-order valence-electron chi connectivity index (χ2n) is 4.03. The standard InChI is InChI=1S/C12H15/c1-12(2,3)10-9-11-7-5-4-6-8-11/h5-10H,1-3H3. The van der Waals surface area contributed by atoms with Crippen molar-refractivity contribution in [1.29, 1.82) is 0 Å². The van der Waals surface area contributed by atoms with Crippen LogP contribution in [0.4, 0.5) is 0 Å². The largest absolute Gasteiger partial charge is 0.0785 e. The Kier molecular flexibility index (Phi) is 2.69. The summed E-state index contributed by atoms with van der Waals surface area (Å²) in [5.41, 5.74) is 1.50. The SMILES string of the molecule is CC(C)(C)C=Cc1cc[c]cc1. The Labute approximate surface area is 74.9 Å². The highest BCUT2D eigenvalue weighted by atomic mass is 14.1. The van der Waals surface area contributed by atoms with E-state index in [-0.39, 0.29) is 5.41 Å². The highest BCUT2D eigenvalue weighted by Crippen LogP contribution is 2.16. The van der Waals surface area contributed by atoms with E-state index >= 15 is 0 Å². The summed E-state index contributed by atoms with van der Waals surface area (Å²) in [5, 5.41) is 0. The zero-order valence-electron chi connectivity index (χ0n) is 7.96. The Morgan fingerprint density at radius 3 is 2.25 bits per heavy atom. The van der Waals surface area contributed by atoms with E-state index in [4.69, 9.17) is 0 Å². The van der Waals surface area contributed by atoms with E-state index in [0.717, 1.165) is 0 Å². The van der Waals surface area contributed by atoms with Crippen LogP contribution in [-0.2, 0) is 0 Å². The van der Waals surface area contributed by atoms with E-state index in [1.165, 1.54) is 5.56 Å². The molecule has 0 atom stereocenters. The number of benzene rings is 1. The van der Waals surface area contributed by atoms with E-state index < -0.39 is 0 Å². The summed E-state index contributed by atoms with van der Waals surface area (Å²) in [6.45, 7) is 6.58. The predicted octanol–water partition coefficient (Wildman–Crippen LogP) is 3.55. The van der Waals surface area contributed by atoms with Crippen LogP contribution in [-0.4, -0.2) is 0 Å². The lowest BCUT2D eigenvalue weighted by molar-refractivity contribution is 0.547. The normalized spacial score (nSPS) is 12.2. The predicted molar refractivity (Wildman–Crippen MR) is 53.8 cm³/mol. The maximum Gasteiger partial charge on any atom is -0.0184 e. The minimum atomic E-state index is 0.263. The van der Waals surface area contributed by atoms with Gasteiger partial charge < -0.3 is 0 Å². The second kappa shape index (κ2) is 3.57. The minimum Gasteiger partial charge on any atom is -0.0785 e. The summed E-state index contributed by atoms with van der Waals surface area (Å²) in [7, 11) is 0. The van der Waals surface area contributed by atoms with Crippen molar-refractivity contribution in [1.82, 2.24) is 0 Å². The molecule has 0 spiro atoms. The first-order chi connectivity index (χ1) is 5.58. The second-order valence-corrected chi connectivity index (χ2v) is 4.03. The molecule has 0 amide bonds. The summed E-state index contributed by atoms with van der Waals surface area (Å²) in [5.74, 6) is 0. The van der Waals surface area contributed by atoms with Gasteiger partial charge in [0.2, 0.25) is 0 Å². The smallest absolute Gasteiger partial charge is 0.0184 e. The average molecular weight is 159 g/mol. The van der Waals surface area contributed by atoms with Gasteiger partial charge in [0.1, 0.15) is 0 Å². The molecule has 63 valence electrons. The third-order valence-electron chi connectivity index (χ3n) is 1.52. The van der Waals surface area contributed by atoms with Gasteiger partial charge in [0.25, 0.3) is 0 Å². The van der Waals surface area contributed by atoms with Crippen molar-refractivity contribution in [2.75, 3.05) is 0 Å². The molecular formula is C12H15. The molecule has 1 rings (SSSR count). The van der Waals surface area contributed by atoms with Crippen LogP contribution in [0.2, 0.25) is 0 Å². The molecule has 0 aliphatic heterocycles. The van der Waals surface area contributed by atoms with Crippen LogP contribution in [0.25, 0.3) is 6.08 Å². The molecule has 0 heteroatoms. The molecule has 0 aliphatic rings. The lowest BCUT2D eigenvalue weighted by Gasteiger charge is -2.10. The molecule has 0 unspecified atom stereocenters. The van der Waals surface area contributed by atoms with E-state index in [9.17, 15) is 0 Å². The van der Waals surface area contributed by atoms with Gasteiger partial charge in [-0.1, -0.05) is 57.2 Å². The summed E-state index contributed by atoms with van der Waals surface area (Å²) in [4.78, 5) is 0. The Bertz CT molecular complexity index is 249. The highest BCUT2D eigenvalue weighted by Gasteiger charge is 2.02. The van der Waals surface area contributed by atoms with Crippen molar-refractivity contribution in [2.24, 2.45) is 5.41 Å². The fourth-order valence-corrected chi connectivity index (χ4v) is 0.857. The lowest BCUT2D eigenvalue weighted by atomic mass is 9.95. The maximum atomic E-state index is 3.00. The monoisotopic (exact) mass is 159 g/mol. The lowest BCUT2D eigenvalue weighted by Crippen LogP contribution is -1.97. The first-order valence-corrected chi connectivity index (χ1v) is 4.23. The Morgan fingerprint density at radius 1 is 1.17 bits per heavy atom. The van der Waals surface area contributed by atoms with Gasteiger partial charge in [0, 0.05) is 0 Å². The minimum absolute atomic E-state index is 0.263. The molecule has 0 saturated heterocycles. The van der Waals surface area contributed by atoms with Gasteiger partial charge in [-0.2, -0.15) is 0 Å². The van der Waals surface area contributed by atoms with Crippen LogP contribution in [0.5, 0.6) is 0 Å². The molecule has 1 aromatic rings. The van der Waals surface area contributed by atoms with Gasteiger partial charge >= 0.3 is 0 Å². The summed E-state index contributed by atoms with van der Waals surface area (Å²) < 4.78 is 0. The first-order valence-electron chi connectivity index (χ1n) is 4.23. The topological polar surface area (TPSA) is 0 Å². The quantitative estimate of drug-likeness (QED) is 0.588. The summed E-state index contributed by atoms with van der Waals surface area (Å²) in [6, 6.07) is 11.0. The number of rotatable bonds is 1. The third kappa shape index (κ3) is 3.38. The van der Waals surface area contributed by atoms with E-state index in [0.29, 0.717) is 0 Å². The molecule has 0 N–H and O–H groups in total.